The average Bonchev–Trinajstić information content (AvgIpc) is 3.39. The van der Waals surface area contributed by atoms with Crippen molar-refractivity contribution in [1.82, 2.24) is 24.8 Å². The van der Waals surface area contributed by atoms with Gasteiger partial charge in [0, 0.05) is 59.9 Å². The number of piperazine rings is 1. The minimum atomic E-state index is 0.0533. The van der Waals surface area contributed by atoms with Crippen molar-refractivity contribution in [2.45, 2.75) is 33.1 Å². The van der Waals surface area contributed by atoms with E-state index in [9.17, 15) is 0 Å². The summed E-state index contributed by atoms with van der Waals surface area (Å²) in [6, 6.07) is 10.4. The van der Waals surface area contributed by atoms with Gasteiger partial charge in [-0.05, 0) is 43.7 Å². The zero-order valence-corrected chi connectivity index (χ0v) is 21.2. The van der Waals surface area contributed by atoms with Gasteiger partial charge >= 0.3 is 6.01 Å². The van der Waals surface area contributed by atoms with Gasteiger partial charge < -0.3 is 24.8 Å². The van der Waals surface area contributed by atoms with Crippen molar-refractivity contribution in [3.8, 4) is 11.8 Å². The van der Waals surface area contributed by atoms with Crippen molar-refractivity contribution < 1.29 is 4.74 Å². The number of aryl methyl sites for hydroxylation is 1. The van der Waals surface area contributed by atoms with Crippen molar-refractivity contribution in [2.24, 2.45) is 0 Å². The number of anilines is 3. The van der Waals surface area contributed by atoms with Gasteiger partial charge in [-0.15, -0.1) is 11.3 Å². The van der Waals surface area contributed by atoms with Crippen LogP contribution in [0.3, 0.4) is 0 Å². The minimum absolute atomic E-state index is 0.0533. The zero-order chi connectivity index (χ0) is 23.9. The van der Waals surface area contributed by atoms with Crippen LogP contribution in [0.1, 0.15) is 31.3 Å². The molecule has 0 bridgehead atoms. The molecular formula is C25H31N7OS. The Balaban J connectivity index is 1.45. The van der Waals surface area contributed by atoms with E-state index in [1.807, 2.05) is 37.4 Å². The number of aromatic nitrogens is 4. The predicted molar refractivity (Wildman–Crippen MR) is 139 cm³/mol. The summed E-state index contributed by atoms with van der Waals surface area (Å²) in [5.74, 6) is 2.23. The van der Waals surface area contributed by atoms with E-state index in [1.54, 1.807) is 11.3 Å². The average molecular weight is 478 g/mol. The Morgan fingerprint density at radius 2 is 1.85 bits per heavy atom. The van der Waals surface area contributed by atoms with Gasteiger partial charge in [-0.1, -0.05) is 20.8 Å². The molecule has 1 aliphatic heterocycles. The Bertz CT molecular complexity index is 1300. The third kappa shape index (κ3) is 5.00. The van der Waals surface area contributed by atoms with Crippen LogP contribution in [0.25, 0.3) is 10.9 Å². The van der Waals surface area contributed by atoms with E-state index in [0.29, 0.717) is 17.6 Å². The fourth-order valence-electron chi connectivity index (χ4n) is 3.93. The summed E-state index contributed by atoms with van der Waals surface area (Å²) in [6.45, 7) is 12.4. The number of rotatable bonds is 5. The molecule has 4 heterocycles. The van der Waals surface area contributed by atoms with Crippen LogP contribution in [-0.4, -0.2) is 58.1 Å². The second kappa shape index (κ2) is 8.88. The molecule has 3 aromatic heterocycles. The van der Waals surface area contributed by atoms with Gasteiger partial charge in [0.1, 0.15) is 17.4 Å². The smallest absolute Gasteiger partial charge is 0.325 e. The van der Waals surface area contributed by atoms with Crippen molar-refractivity contribution in [3.05, 3.63) is 47.1 Å². The number of thiazole rings is 1. The van der Waals surface area contributed by atoms with Crippen molar-refractivity contribution in [1.29, 1.82) is 0 Å². The summed E-state index contributed by atoms with van der Waals surface area (Å²) >= 11 is 1.64. The molecule has 0 aliphatic carbocycles. The van der Waals surface area contributed by atoms with Crippen LogP contribution in [0.4, 0.5) is 16.8 Å². The second-order valence-corrected chi connectivity index (χ2v) is 10.9. The minimum Gasteiger partial charge on any atom is -0.424 e. The molecule has 0 amide bonds. The number of H-pyrrole nitrogens is 1. The largest absolute Gasteiger partial charge is 0.424 e. The molecule has 4 aromatic rings. The first-order valence-corrected chi connectivity index (χ1v) is 12.4. The van der Waals surface area contributed by atoms with Gasteiger partial charge in [0.05, 0.1) is 0 Å². The van der Waals surface area contributed by atoms with Crippen molar-refractivity contribution in [3.63, 3.8) is 0 Å². The highest BCUT2D eigenvalue weighted by molar-refractivity contribution is 7.15. The van der Waals surface area contributed by atoms with Crippen molar-refractivity contribution in [2.75, 3.05) is 43.4 Å². The standard InChI is InChI=1S/C25H31N7OS/c1-16-12-17-13-18(6-7-19(17)27-16)33-23-28-21(29-24-26-15-20(34-24)25(2,3)4)14-22(30-23)32-10-8-31(5)9-11-32/h6-7,12-15,27H,8-11H2,1-5H3,(H,26,28,29,30). The number of benzene rings is 1. The quantitative estimate of drug-likeness (QED) is 0.403. The van der Waals surface area contributed by atoms with Crippen LogP contribution in [0.5, 0.6) is 11.8 Å². The number of nitrogens with one attached hydrogen (secondary N) is 2. The van der Waals surface area contributed by atoms with E-state index >= 15 is 0 Å². The summed E-state index contributed by atoms with van der Waals surface area (Å²) in [4.78, 5) is 23.2. The van der Waals surface area contributed by atoms with Crippen LogP contribution in [0.2, 0.25) is 0 Å². The third-order valence-corrected chi connectivity index (χ3v) is 7.27. The van der Waals surface area contributed by atoms with Gasteiger partial charge in [0.25, 0.3) is 0 Å². The molecule has 1 fully saturated rings. The zero-order valence-electron chi connectivity index (χ0n) is 20.3. The highest BCUT2D eigenvalue weighted by Crippen LogP contribution is 2.33. The Labute approximate surface area is 204 Å². The number of fused-ring (bicyclic) bond motifs is 1. The lowest BCUT2D eigenvalue weighted by Gasteiger charge is -2.33. The van der Waals surface area contributed by atoms with E-state index in [2.05, 4.69) is 64.0 Å². The van der Waals surface area contributed by atoms with E-state index in [0.717, 1.165) is 53.7 Å². The highest BCUT2D eigenvalue weighted by Gasteiger charge is 2.20. The molecular weight excluding hydrogens is 446 g/mol. The number of hydrogen-bond donors (Lipinski definition) is 2. The molecule has 5 rings (SSSR count). The number of likely N-dealkylation sites (N-methyl/N-ethyl adjacent to an activating group) is 1. The van der Waals surface area contributed by atoms with Gasteiger partial charge in [0.2, 0.25) is 0 Å². The lowest BCUT2D eigenvalue weighted by Crippen LogP contribution is -2.44. The molecule has 1 aliphatic rings. The van der Waals surface area contributed by atoms with Gasteiger partial charge in [-0.25, -0.2) is 4.98 Å². The lowest BCUT2D eigenvalue weighted by molar-refractivity contribution is 0.311. The molecule has 0 unspecified atom stereocenters. The van der Waals surface area contributed by atoms with Crippen LogP contribution in [-0.2, 0) is 5.41 Å². The molecule has 1 saturated heterocycles. The fraction of sp³-hybridized carbons (Fsp3) is 0.400. The first kappa shape index (κ1) is 22.6. The summed E-state index contributed by atoms with van der Waals surface area (Å²) in [6.07, 6.45) is 1.93. The molecule has 34 heavy (non-hydrogen) atoms. The Morgan fingerprint density at radius 3 is 2.59 bits per heavy atom. The Hall–Kier alpha value is -3.17. The topological polar surface area (TPSA) is 82.2 Å². The summed E-state index contributed by atoms with van der Waals surface area (Å²) in [5.41, 5.74) is 2.25. The van der Waals surface area contributed by atoms with E-state index in [1.165, 1.54) is 4.88 Å². The van der Waals surface area contributed by atoms with E-state index in [-0.39, 0.29) is 5.41 Å². The van der Waals surface area contributed by atoms with Crippen LogP contribution in [0, 0.1) is 6.92 Å². The molecule has 1 aromatic carbocycles. The first-order valence-electron chi connectivity index (χ1n) is 11.6. The van der Waals surface area contributed by atoms with Crippen LogP contribution >= 0.6 is 11.3 Å². The number of ether oxygens (including phenoxy) is 1. The first-order chi connectivity index (χ1) is 16.2. The normalized spacial score (nSPS) is 15.1. The Kier molecular flexibility index (Phi) is 5.91. The van der Waals surface area contributed by atoms with Gasteiger partial charge in [-0.2, -0.15) is 9.97 Å². The van der Waals surface area contributed by atoms with Gasteiger partial charge in [-0.3, -0.25) is 0 Å². The molecule has 8 nitrogen and oxygen atoms in total. The molecule has 9 heteroatoms. The summed E-state index contributed by atoms with van der Waals surface area (Å²) in [5, 5.41) is 5.28. The van der Waals surface area contributed by atoms with E-state index in [4.69, 9.17) is 9.72 Å². The SMILES string of the molecule is Cc1cc2cc(Oc3nc(Nc4ncc(C(C)(C)C)s4)cc(N4CCN(C)CC4)n3)ccc2[nH]1. The summed E-state index contributed by atoms with van der Waals surface area (Å²) in [7, 11) is 2.15. The maximum atomic E-state index is 6.16. The van der Waals surface area contributed by atoms with Crippen LogP contribution < -0.4 is 15.0 Å². The number of aromatic amines is 1. The van der Waals surface area contributed by atoms with Gasteiger partial charge in [0.15, 0.2) is 5.13 Å². The fourth-order valence-corrected chi connectivity index (χ4v) is 4.81. The Morgan fingerprint density at radius 1 is 1.06 bits per heavy atom. The highest BCUT2D eigenvalue weighted by atomic mass is 32.1. The molecule has 0 atom stereocenters. The molecule has 0 spiro atoms. The maximum Gasteiger partial charge on any atom is 0.325 e. The third-order valence-electron chi connectivity index (χ3n) is 5.94. The predicted octanol–water partition coefficient (Wildman–Crippen LogP) is 5.31. The molecule has 178 valence electrons. The van der Waals surface area contributed by atoms with E-state index < -0.39 is 0 Å². The van der Waals surface area contributed by atoms with Crippen molar-refractivity contribution >= 4 is 39.0 Å². The molecule has 2 N–H and O–H groups in total. The number of hydrogen-bond acceptors (Lipinski definition) is 8. The lowest BCUT2D eigenvalue weighted by atomic mass is 9.96. The summed E-state index contributed by atoms with van der Waals surface area (Å²) < 4.78 is 6.16. The second-order valence-electron chi connectivity index (χ2n) is 9.89. The monoisotopic (exact) mass is 477 g/mol. The maximum absolute atomic E-state index is 6.16. The van der Waals surface area contributed by atoms with Crippen LogP contribution in [0.15, 0.2) is 36.5 Å². The molecule has 0 radical (unpaired) electrons. The molecule has 0 saturated carbocycles. The number of nitrogens with zero attached hydrogens (tertiary/aromatic N) is 5.